The predicted molar refractivity (Wildman–Crippen MR) is 55.4 cm³/mol. The first-order chi connectivity index (χ1) is 7.83. The summed E-state index contributed by atoms with van der Waals surface area (Å²) >= 11 is 0. The minimum atomic E-state index is -3.96. The molecule has 0 aliphatic carbocycles. The van der Waals surface area contributed by atoms with Crippen LogP contribution in [0.1, 0.15) is 6.42 Å². The number of carbonyl (C=O) groups excluding carboxylic acids is 1. The quantitative estimate of drug-likeness (QED) is 0.791. The Morgan fingerprint density at radius 3 is 2.47 bits per heavy atom. The van der Waals surface area contributed by atoms with Crippen LogP contribution in [0.3, 0.4) is 0 Å². The summed E-state index contributed by atoms with van der Waals surface area (Å²) in [6.07, 6.45) is -0.178. The van der Waals surface area contributed by atoms with Crippen LogP contribution in [0.5, 0.6) is 0 Å². The molecule has 17 heavy (non-hydrogen) atoms. The van der Waals surface area contributed by atoms with Crippen molar-refractivity contribution in [1.82, 2.24) is 4.72 Å². The number of rotatable bonds is 5. The van der Waals surface area contributed by atoms with E-state index in [0.717, 1.165) is 6.07 Å². The lowest BCUT2D eigenvalue weighted by atomic mass is 10.3. The van der Waals surface area contributed by atoms with E-state index in [2.05, 4.69) is 0 Å². The van der Waals surface area contributed by atoms with Crippen molar-refractivity contribution in [2.45, 2.75) is 11.3 Å². The molecule has 1 aromatic carbocycles. The smallest absolute Gasteiger partial charge is 0.240 e. The van der Waals surface area contributed by atoms with Crippen LogP contribution in [-0.4, -0.2) is 20.9 Å². The van der Waals surface area contributed by atoms with Gasteiger partial charge in [0.25, 0.3) is 0 Å². The lowest BCUT2D eigenvalue weighted by Crippen LogP contribution is -2.28. The first kappa shape index (κ1) is 13.5. The van der Waals surface area contributed by atoms with Crippen LogP contribution in [0.4, 0.5) is 8.78 Å². The Balaban J connectivity index is 2.82. The number of benzene rings is 1. The highest BCUT2D eigenvalue weighted by Gasteiger charge is 2.16. The number of halogens is 2. The zero-order chi connectivity index (χ0) is 13.1. The topological polar surface area (TPSA) is 89.3 Å². The number of nitrogens with one attached hydrogen (secondary N) is 1. The van der Waals surface area contributed by atoms with E-state index in [9.17, 15) is 22.0 Å². The molecule has 0 radical (unpaired) electrons. The van der Waals surface area contributed by atoms with Gasteiger partial charge in [0, 0.05) is 13.0 Å². The van der Waals surface area contributed by atoms with Crippen LogP contribution in [0.2, 0.25) is 0 Å². The van der Waals surface area contributed by atoms with Gasteiger partial charge in [0.2, 0.25) is 15.9 Å². The standard InChI is InChI=1S/C9H10F2N2O3S/c10-7-2-1-6(5-8(7)11)17(15,16)13-4-3-9(12)14/h1-2,5,13H,3-4H2,(H2,12,14). The summed E-state index contributed by atoms with van der Waals surface area (Å²) in [5.74, 6) is -3.07. The number of hydrogen-bond acceptors (Lipinski definition) is 3. The molecule has 5 nitrogen and oxygen atoms in total. The molecule has 1 rings (SSSR count). The highest BCUT2D eigenvalue weighted by Crippen LogP contribution is 2.13. The van der Waals surface area contributed by atoms with Gasteiger partial charge in [0.05, 0.1) is 4.90 Å². The fourth-order valence-corrected chi connectivity index (χ4v) is 2.08. The molecule has 1 aromatic rings. The maximum atomic E-state index is 12.8. The third-order valence-corrected chi connectivity index (χ3v) is 3.32. The third kappa shape index (κ3) is 3.75. The Bertz CT molecular complexity index is 531. The molecule has 94 valence electrons. The maximum Gasteiger partial charge on any atom is 0.240 e. The van der Waals surface area contributed by atoms with Crippen molar-refractivity contribution in [3.8, 4) is 0 Å². The molecule has 0 fully saturated rings. The second kappa shape index (κ2) is 5.19. The number of carbonyl (C=O) groups is 1. The summed E-state index contributed by atoms with van der Waals surface area (Å²) < 4.78 is 50.5. The normalized spacial score (nSPS) is 11.4. The van der Waals surface area contributed by atoms with Gasteiger partial charge in [-0.2, -0.15) is 0 Å². The second-order valence-corrected chi connectivity index (χ2v) is 4.96. The fourth-order valence-electron chi connectivity index (χ4n) is 1.04. The highest BCUT2D eigenvalue weighted by molar-refractivity contribution is 7.89. The Hall–Kier alpha value is -1.54. The second-order valence-electron chi connectivity index (χ2n) is 3.19. The number of primary amides is 1. The van der Waals surface area contributed by atoms with Crippen LogP contribution >= 0.6 is 0 Å². The molecular formula is C9H10F2N2O3S. The number of nitrogens with two attached hydrogens (primary N) is 1. The number of hydrogen-bond donors (Lipinski definition) is 2. The van der Waals surface area contributed by atoms with E-state index in [1.54, 1.807) is 0 Å². The van der Waals surface area contributed by atoms with Gasteiger partial charge in [-0.3, -0.25) is 4.79 Å². The van der Waals surface area contributed by atoms with Gasteiger partial charge < -0.3 is 5.73 Å². The lowest BCUT2D eigenvalue weighted by Gasteiger charge is -2.05. The van der Waals surface area contributed by atoms with Gasteiger partial charge >= 0.3 is 0 Å². The first-order valence-electron chi connectivity index (χ1n) is 4.56. The van der Waals surface area contributed by atoms with Crippen molar-refractivity contribution in [3.05, 3.63) is 29.8 Å². The summed E-state index contributed by atoms with van der Waals surface area (Å²) in [5, 5.41) is 0. The van der Waals surface area contributed by atoms with Crippen LogP contribution in [0.15, 0.2) is 23.1 Å². The Kier molecular flexibility index (Phi) is 4.13. The summed E-state index contributed by atoms with van der Waals surface area (Å²) in [6.45, 7) is -0.198. The van der Waals surface area contributed by atoms with E-state index in [1.807, 2.05) is 4.72 Å². The summed E-state index contributed by atoms with van der Waals surface area (Å²) in [7, 11) is -3.96. The van der Waals surface area contributed by atoms with Crippen LogP contribution in [-0.2, 0) is 14.8 Å². The van der Waals surface area contributed by atoms with E-state index in [1.165, 1.54) is 0 Å². The largest absolute Gasteiger partial charge is 0.370 e. The van der Waals surface area contributed by atoms with Gasteiger partial charge in [-0.1, -0.05) is 0 Å². The molecule has 0 aliphatic rings. The van der Waals surface area contributed by atoms with Gasteiger partial charge in [0.1, 0.15) is 0 Å². The average Bonchev–Trinajstić information content (AvgIpc) is 2.21. The first-order valence-corrected chi connectivity index (χ1v) is 6.04. The molecule has 0 unspecified atom stereocenters. The van der Waals surface area contributed by atoms with Crippen molar-refractivity contribution in [3.63, 3.8) is 0 Å². The Labute approximate surface area is 96.7 Å². The molecular weight excluding hydrogens is 254 g/mol. The molecule has 0 aliphatic heterocycles. The molecule has 1 amide bonds. The Morgan fingerprint density at radius 1 is 1.29 bits per heavy atom. The molecule has 0 spiro atoms. The Morgan fingerprint density at radius 2 is 1.94 bits per heavy atom. The van der Waals surface area contributed by atoms with Crippen molar-refractivity contribution in [1.29, 1.82) is 0 Å². The van der Waals surface area contributed by atoms with E-state index in [0.29, 0.717) is 12.1 Å². The maximum absolute atomic E-state index is 12.8. The lowest BCUT2D eigenvalue weighted by molar-refractivity contribution is -0.117. The van der Waals surface area contributed by atoms with Crippen LogP contribution in [0, 0.1) is 11.6 Å². The van der Waals surface area contributed by atoms with E-state index in [-0.39, 0.29) is 13.0 Å². The van der Waals surface area contributed by atoms with E-state index < -0.39 is 32.5 Å². The predicted octanol–water partition coefficient (Wildman–Crippen LogP) is 0.118. The van der Waals surface area contributed by atoms with Crippen LogP contribution in [0.25, 0.3) is 0 Å². The van der Waals surface area contributed by atoms with E-state index >= 15 is 0 Å². The molecule has 3 N–H and O–H groups in total. The van der Waals surface area contributed by atoms with Gasteiger partial charge in [-0.05, 0) is 18.2 Å². The average molecular weight is 264 g/mol. The fraction of sp³-hybridized carbons (Fsp3) is 0.222. The highest BCUT2D eigenvalue weighted by atomic mass is 32.2. The molecule has 8 heteroatoms. The van der Waals surface area contributed by atoms with Crippen molar-refractivity contribution >= 4 is 15.9 Å². The minimum Gasteiger partial charge on any atom is -0.370 e. The summed E-state index contributed by atoms with van der Waals surface area (Å²) in [5.41, 5.74) is 4.82. The SMILES string of the molecule is NC(=O)CCNS(=O)(=O)c1ccc(F)c(F)c1. The van der Waals surface area contributed by atoms with Crippen molar-refractivity contribution in [2.75, 3.05) is 6.54 Å². The van der Waals surface area contributed by atoms with Gasteiger partial charge in [0.15, 0.2) is 11.6 Å². The molecule has 0 heterocycles. The zero-order valence-corrected chi connectivity index (χ0v) is 9.43. The number of sulfonamides is 1. The molecule has 0 atom stereocenters. The van der Waals surface area contributed by atoms with Gasteiger partial charge in [-0.25, -0.2) is 21.9 Å². The molecule has 0 saturated carbocycles. The minimum absolute atomic E-state index is 0.178. The molecule has 0 saturated heterocycles. The van der Waals surface area contributed by atoms with Crippen LogP contribution < -0.4 is 10.5 Å². The summed E-state index contributed by atoms with van der Waals surface area (Å²) in [6, 6.07) is 2.19. The molecule has 0 aromatic heterocycles. The third-order valence-electron chi connectivity index (χ3n) is 1.86. The van der Waals surface area contributed by atoms with E-state index in [4.69, 9.17) is 5.73 Å². The van der Waals surface area contributed by atoms with Crippen molar-refractivity contribution < 1.29 is 22.0 Å². The van der Waals surface area contributed by atoms with Gasteiger partial charge in [-0.15, -0.1) is 0 Å². The zero-order valence-electron chi connectivity index (χ0n) is 8.61. The number of amides is 1. The summed E-state index contributed by atoms with van der Waals surface area (Å²) in [4.78, 5) is 9.98. The monoisotopic (exact) mass is 264 g/mol. The molecule has 0 bridgehead atoms. The van der Waals surface area contributed by atoms with Crippen molar-refractivity contribution in [2.24, 2.45) is 5.73 Å².